The van der Waals surface area contributed by atoms with Crippen LogP contribution in [0.2, 0.25) is 0 Å². The third kappa shape index (κ3) is 3.03. The zero-order valence-electron chi connectivity index (χ0n) is 9.67. The summed E-state index contributed by atoms with van der Waals surface area (Å²) in [6.45, 7) is 0.399. The second-order valence-corrected chi connectivity index (χ2v) is 4.38. The summed E-state index contributed by atoms with van der Waals surface area (Å²) in [6.07, 6.45) is -2.57. The summed E-state index contributed by atoms with van der Waals surface area (Å²) in [5, 5.41) is 0. The monoisotopic (exact) mass is 258 g/mol. The first-order valence-corrected chi connectivity index (χ1v) is 5.79. The van der Waals surface area contributed by atoms with Gasteiger partial charge in [-0.1, -0.05) is 12.1 Å². The van der Waals surface area contributed by atoms with Crippen molar-refractivity contribution in [3.05, 3.63) is 35.4 Å². The van der Waals surface area contributed by atoms with E-state index in [4.69, 9.17) is 4.74 Å². The normalized spacial score (nSPS) is 21.3. The fourth-order valence-corrected chi connectivity index (χ4v) is 2.11. The van der Waals surface area contributed by atoms with E-state index in [2.05, 4.69) is 0 Å². The van der Waals surface area contributed by atoms with Gasteiger partial charge in [0.25, 0.3) is 0 Å². The Hall–Kier alpha value is -1.52. The van der Waals surface area contributed by atoms with E-state index in [1.165, 1.54) is 12.1 Å². The van der Waals surface area contributed by atoms with E-state index in [9.17, 15) is 18.0 Å². The van der Waals surface area contributed by atoms with Crippen LogP contribution in [0.5, 0.6) is 0 Å². The highest BCUT2D eigenvalue weighted by Gasteiger charge is 2.30. The number of carbonyl (C=O) groups is 1. The van der Waals surface area contributed by atoms with Gasteiger partial charge < -0.3 is 4.74 Å². The molecule has 1 aliphatic rings. The summed E-state index contributed by atoms with van der Waals surface area (Å²) in [7, 11) is 0. The molecule has 18 heavy (non-hydrogen) atoms. The molecule has 1 fully saturated rings. The van der Waals surface area contributed by atoms with Gasteiger partial charge in [0, 0.05) is 0 Å². The largest absolute Gasteiger partial charge is 0.466 e. The van der Waals surface area contributed by atoms with Crippen LogP contribution in [0.3, 0.4) is 0 Å². The van der Waals surface area contributed by atoms with Gasteiger partial charge in [-0.05, 0) is 36.5 Å². The van der Waals surface area contributed by atoms with Gasteiger partial charge in [0.15, 0.2) is 0 Å². The molecule has 1 heterocycles. The lowest BCUT2D eigenvalue weighted by Gasteiger charge is -2.14. The van der Waals surface area contributed by atoms with Crippen LogP contribution in [-0.4, -0.2) is 12.6 Å². The lowest BCUT2D eigenvalue weighted by molar-refractivity contribution is -0.143. The number of hydrogen-bond acceptors (Lipinski definition) is 2. The minimum atomic E-state index is -4.32. The number of esters is 1. The predicted molar refractivity (Wildman–Crippen MR) is 59.0 cm³/mol. The molecule has 0 aromatic heterocycles. The fourth-order valence-electron chi connectivity index (χ4n) is 2.11. The first-order valence-electron chi connectivity index (χ1n) is 5.79. The third-order valence-corrected chi connectivity index (χ3v) is 3.08. The molecule has 1 aromatic rings. The lowest BCUT2D eigenvalue weighted by Crippen LogP contribution is -2.07. The van der Waals surface area contributed by atoms with E-state index in [1.54, 1.807) is 0 Å². The minimum absolute atomic E-state index is 0.0396. The van der Waals surface area contributed by atoms with Gasteiger partial charge in [0.05, 0.1) is 18.6 Å². The molecule has 0 radical (unpaired) electrons. The highest BCUT2D eigenvalue weighted by molar-refractivity contribution is 5.70. The van der Waals surface area contributed by atoms with Gasteiger partial charge in [0.1, 0.15) is 0 Å². The zero-order valence-corrected chi connectivity index (χ0v) is 9.67. The van der Waals surface area contributed by atoms with E-state index in [0.29, 0.717) is 6.61 Å². The Morgan fingerprint density at radius 3 is 2.44 bits per heavy atom. The molecule has 2 nitrogen and oxygen atoms in total. The van der Waals surface area contributed by atoms with E-state index >= 15 is 0 Å². The average molecular weight is 258 g/mol. The van der Waals surface area contributed by atoms with Crippen LogP contribution in [0.4, 0.5) is 13.2 Å². The van der Waals surface area contributed by atoms with Crippen LogP contribution in [0.15, 0.2) is 24.3 Å². The molecule has 0 saturated carbocycles. The molecule has 0 N–H and O–H groups in total. The van der Waals surface area contributed by atoms with E-state index in [-0.39, 0.29) is 18.3 Å². The van der Waals surface area contributed by atoms with Crippen molar-refractivity contribution in [1.29, 1.82) is 0 Å². The van der Waals surface area contributed by atoms with Crippen LogP contribution < -0.4 is 0 Å². The average Bonchev–Trinajstić information content (AvgIpc) is 2.53. The van der Waals surface area contributed by atoms with Crippen LogP contribution >= 0.6 is 0 Å². The number of benzene rings is 1. The highest BCUT2D eigenvalue weighted by atomic mass is 19.4. The topological polar surface area (TPSA) is 26.3 Å². The van der Waals surface area contributed by atoms with Crippen molar-refractivity contribution in [2.24, 2.45) is 0 Å². The Kier molecular flexibility index (Phi) is 3.59. The molecule has 1 atom stereocenters. The van der Waals surface area contributed by atoms with Crippen LogP contribution in [0.1, 0.15) is 36.3 Å². The molecular formula is C13H13F3O2. The lowest BCUT2D eigenvalue weighted by atomic mass is 9.91. The Morgan fingerprint density at radius 1 is 1.17 bits per heavy atom. The first kappa shape index (κ1) is 12.9. The summed E-state index contributed by atoms with van der Waals surface area (Å²) in [5.74, 6) is -0.320. The quantitative estimate of drug-likeness (QED) is 0.720. The molecule has 1 saturated heterocycles. The van der Waals surface area contributed by atoms with Crippen molar-refractivity contribution in [2.45, 2.75) is 31.4 Å². The zero-order chi connectivity index (χ0) is 13.2. The maximum absolute atomic E-state index is 12.4. The minimum Gasteiger partial charge on any atom is -0.466 e. The maximum Gasteiger partial charge on any atom is 0.416 e. The second kappa shape index (κ2) is 5.00. The molecule has 1 aromatic carbocycles. The van der Waals surface area contributed by atoms with Crippen molar-refractivity contribution >= 4 is 5.97 Å². The predicted octanol–water partition coefficient (Wildman–Crippen LogP) is 3.52. The fraction of sp³-hybridized carbons (Fsp3) is 0.462. The van der Waals surface area contributed by atoms with Crippen LogP contribution in [0.25, 0.3) is 0 Å². The summed E-state index contributed by atoms with van der Waals surface area (Å²) < 4.78 is 42.2. The number of alkyl halides is 3. The Morgan fingerprint density at radius 2 is 1.83 bits per heavy atom. The third-order valence-electron chi connectivity index (χ3n) is 3.08. The number of cyclic esters (lactones) is 1. The number of ether oxygens (including phenoxy) is 1. The van der Waals surface area contributed by atoms with E-state index in [1.807, 2.05) is 0 Å². The van der Waals surface area contributed by atoms with Gasteiger partial charge in [-0.2, -0.15) is 13.2 Å². The van der Waals surface area contributed by atoms with Crippen molar-refractivity contribution in [3.8, 4) is 0 Å². The standard InChI is InChI=1S/C13H13F3O2/c14-13(15,16)11-5-3-9(4-6-11)10-2-1-7-18-12(17)8-10/h3-6,10H,1-2,7-8H2. The number of hydrogen-bond donors (Lipinski definition) is 0. The highest BCUT2D eigenvalue weighted by Crippen LogP contribution is 2.32. The van der Waals surface area contributed by atoms with Crippen LogP contribution in [0, 0.1) is 0 Å². The molecule has 98 valence electrons. The summed E-state index contributed by atoms with van der Waals surface area (Å²) in [6, 6.07) is 5.02. The first-order chi connectivity index (χ1) is 8.47. The number of rotatable bonds is 1. The molecule has 2 rings (SSSR count). The van der Waals surface area contributed by atoms with Crippen molar-refractivity contribution in [2.75, 3.05) is 6.61 Å². The Labute approximate surface area is 103 Å². The number of carbonyl (C=O) groups excluding carboxylic acids is 1. The molecule has 1 unspecified atom stereocenters. The summed E-state index contributed by atoms with van der Waals surface area (Å²) in [5.41, 5.74) is 0.101. The SMILES string of the molecule is O=C1CC(c2ccc(C(F)(F)F)cc2)CCCO1. The van der Waals surface area contributed by atoms with Crippen molar-refractivity contribution < 1.29 is 22.7 Å². The summed E-state index contributed by atoms with van der Waals surface area (Å²) >= 11 is 0. The number of halogens is 3. The van der Waals surface area contributed by atoms with Gasteiger partial charge >= 0.3 is 12.1 Å². The molecule has 0 bridgehead atoms. The Balaban J connectivity index is 2.16. The molecule has 1 aliphatic heterocycles. The van der Waals surface area contributed by atoms with Crippen molar-refractivity contribution in [3.63, 3.8) is 0 Å². The van der Waals surface area contributed by atoms with Crippen LogP contribution in [-0.2, 0) is 15.7 Å². The Bertz CT molecular complexity index is 423. The smallest absolute Gasteiger partial charge is 0.416 e. The van der Waals surface area contributed by atoms with E-state index < -0.39 is 11.7 Å². The van der Waals surface area contributed by atoms with Gasteiger partial charge in [0.2, 0.25) is 0 Å². The second-order valence-electron chi connectivity index (χ2n) is 4.38. The molecule has 0 amide bonds. The van der Waals surface area contributed by atoms with E-state index in [0.717, 1.165) is 30.5 Å². The van der Waals surface area contributed by atoms with Crippen molar-refractivity contribution in [1.82, 2.24) is 0 Å². The summed E-state index contributed by atoms with van der Waals surface area (Å²) in [4.78, 5) is 11.3. The molecule has 0 spiro atoms. The van der Waals surface area contributed by atoms with Gasteiger partial charge in [-0.25, -0.2) is 0 Å². The van der Waals surface area contributed by atoms with Gasteiger partial charge in [-0.3, -0.25) is 4.79 Å². The van der Waals surface area contributed by atoms with Gasteiger partial charge in [-0.15, -0.1) is 0 Å². The maximum atomic E-state index is 12.4. The molecule has 5 heteroatoms. The molecular weight excluding hydrogens is 245 g/mol. The molecule has 0 aliphatic carbocycles.